The lowest BCUT2D eigenvalue weighted by Crippen LogP contribution is -2.13. The SMILES string of the molecule is CCOc1ccc(NC(=O)/C(C#N)=C\c2cc(I)c(OCc3ccccc3Cl)c(I)c2)cc1. The molecule has 0 aliphatic heterocycles. The van der Waals surface area contributed by atoms with Gasteiger partial charge in [-0.3, -0.25) is 4.79 Å². The molecule has 3 rings (SSSR count). The Kier molecular flexibility index (Phi) is 9.41. The molecule has 33 heavy (non-hydrogen) atoms. The second-order valence-electron chi connectivity index (χ2n) is 6.78. The van der Waals surface area contributed by atoms with Gasteiger partial charge in [-0.2, -0.15) is 5.26 Å². The van der Waals surface area contributed by atoms with E-state index in [1.165, 1.54) is 0 Å². The number of anilines is 1. The summed E-state index contributed by atoms with van der Waals surface area (Å²) in [5, 5.41) is 12.9. The molecule has 0 atom stereocenters. The van der Waals surface area contributed by atoms with Crippen LogP contribution in [0.4, 0.5) is 5.69 Å². The van der Waals surface area contributed by atoms with Gasteiger partial charge in [0.25, 0.3) is 5.91 Å². The average molecular weight is 685 g/mol. The third-order valence-electron chi connectivity index (χ3n) is 4.45. The van der Waals surface area contributed by atoms with Crippen LogP contribution in [0.15, 0.2) is 66.2 Å². The molecule has 0 saturated heterocycles. The van der Waals surface area contributed by atoms with E-state index >= 15 is 0 Å². The third kappa shape index (κ3) is 7.09. The van der Waals surface area contributed by atoms with Crippen molar-refractivity contribution in [3.63, 3.8) is 0 Å². The van der Waals surface area contributed by atoms with Crippen LogP contribution < -0.4 is 14.8 Å². The van der Waals surface area contributed by atoms with Crippen molar-refractivity contribution in [3.8, 4) is 17.6 Å². The summed E-state index contributed by atoms with van der Waals surface area (Å²) in [6.45, 7) is 2.81. The maximum absolute atomic E-state index is 12.6. The number of carbonyl (C=O) groups is 1. The van der Waals surface area contributed by atoms with Crippen molar-refractivity contribution in [2.24, 2.45) is 0 Å². The van der Waals surface area contributed by atoms with Crippen molar-refractivity contribution in [2.45, 2.75) is 13.5 Å². The molecule has 0 spiro atoms. The highest BCUT2D eigenvalue weighted by Crippen LogP contribution is 2.31. The third-order valence-corrected chi connectivity index (χ3v) is 6.42. The molecule has 168 valence electrons. The van der Waals surface area contributed by atoms with Crippen LogP contribution in [0, 0.1) is 18.5 Å². The van der Waals surface area contributed by atoms with E-state index in [4.69, 9.17) is 21.1 Å². The van der Waals surface area contributed by atoms with E-state index in [0.717, 1.165) is 24.0 Å². The fourth-order valence-corrected chi connectivity index (χ4v) is 5.20. The van der Waals surface area contributed by atoms with Gasteiger partial charge in [-0.1, -0.05) is 29.8 Å². The van der Waals surface area contributed by atoms with E-state index in [-0.39, 0.29) is 5.57 Å². The number of halogens is 3. The van der Waals surface area contributed by atoms with E-state index in [9.17, 15) is 10.1 Å². The minimum atomic E-state index is -0.481. The second kappa shape index (κ2) is 12.3. The second-order valence-corrected chi connectivity index (χ2v) is 9.51. The monoisotopic (exact) mass is 684 g/mol. The number of nitrogens with zero attached hydrogens (tertiary/aromatic N) is 1. The van der Waals surface area contributed by atoms with Crippen LogP contribution in [0.1, 0.15) is 18.1 Å². The molecule has 3 aromatic rings. The predicted octanol–water partition coefficient (Wildman–Crippen LogP) is 7.07. The number of nitriles is 1. The average Bonchev–Trinajstić information content (AvgIpc) is 2.79. The minimum Gasteiger partial charge on any atom is -0.494 e. The lowest BCUT2D eigenvalue weighted by Gasteiger charge is -2.12. The zero-order valence-electron chi connectivity index (χ0n) is 17.6. The highest BCUT2D eigenvalue weighted by atomic mass is 127. The Morgan fingerprint density at radius 1 is 1.09 bits per heavy atom. The number of hydrogen-bond acceptors (Lipinski definition) is 4. The summed E-state index contributed by atoms with van der Waals surface area (Å²) < 4.78 is 13.1. The molecule has 0 saturated carbocycles. The predicted molar refractivity (Wildman–Crippen MR) is 147 cm³/mol. The molecule has 0 bridgehead atoms. The Morgan fingerprint density at radius 2 is 1.76 bits per heavy atom. The van der Waals surface area contributed by atoms with Gasteiger partial charge < -0.3 is 14.8 Å². The molecular formula is C25H19ClI2N2O3. The molecule has 0 heterocycles. The van der Waals surface area contributed by atoms with Crippen molar-refractivity contribution < 1.29 is 14.3 Å². The van der Waals surface area contributed by atoms with Gasteiger partial charge in [-0.05, 0) is 106 Å². The van der Waals surface area contributed by atoms with Gasteiger partial charge in [0.05, 0.1) is 13.7 Å². The normalized spacial score (nSPS) is 10.9. The lowest BCUT2D eigenvalue weighted by molar-refractivity contribution is -0.112. The fraction of sp³-hybridized carbons (Fsp3) is 0.120. The molecule has 1 amide bonds. The first-order valence-corrected chi connectivity index (χ1v) is 12.5. The Hall–Kier alpha value is -2.29. The molecule has 5 nitrogen and oxygen atoms in total. The molecule has 0 aliphatic rings. The Morgan fingerprint density at radius 3 is 2.36 bits per heavy atom. The zero-order chi connectivity index (χ0) is 23.8. The van der Waals surface area contributed by atoms with E-state index in [1.807, 2.05) is 49.4 Å². The maximum atomic E-state index is 12.6. The topological polar surface area (TPSA) is 71.3 Å². The molecule has 0 aliphatic carbocycles. The number of benzene rings is 3. The van der Waals surface area contributed by atoms with Gasteiger partial charge in [0, 0.05) is 16.3 Å². The molecule has 3 aromatic carbocycles. The summed E-state index contributed by atoms with van der Waals surface area (Å²) in [5.41, 5.74) is 2.21. The van der Waals surface area contributed by atoms with Gasteiger partial charge in [0.15, 0.2) is 0 Å². The van der Waals surface area contributed by atoms with Crippen LogP contribution in [0.2, 0.25) is 5.02 Å². The van der Waals surface area contributed by atoms with Crippen LogP contribution in [-0.2, 0) is 11.4 Å². The zero-order valence-corrected chi connectivity index (χ0v) is 22.6. The first kappa shape index (κ1) is 25.3. The summed E-state index contributed by atoms with van der Waals surface area (Å²) in [7, 11) is 0. The number of nitrogens with one attached hydrogen (secondary N) is 1. The summed E-state index contributed by atoms with van der Waals surface area (Å²) >= 11 is 10.6. The number of hydrogen-bond donors (Lipinski definition) is 1. The Bertz CT molecular complexity index is 1200. The van der Waals surface area contributed by atoms with Gasteiger partial charge in [-0.15, -0.1) is 0 Å². The quantitative estimate of drug-likeness (QED) is 0.157. The van der Waals surface area contributed by atoms with Crippen LogP contribution in [0.25, 0.3) is 6.08 Å². The van der Waals surface area contributed by atoms with Crippen LogP contribution in [0.5, 0.6) is 11.5 Å². The van der Waals surface area contributed by atoms with Gasteiger partial charge in [0.1, 0.15) is 29.7 Å². The summed E-state index contributed by atoms with van der Waals surface area (Å²) in [6, 6.07) is 20.2. The highest BCUT2D eigenvalue weighted by Gasteiger charge is 2.13. The number of amides is 1. The lowest BCUT2D eigenvalue weighted by atomic mass is 10.1. The molecular weight excluding hydrogens is 666 g/mol. The van der Waals surface area contributed by atoms with Crippen molar-refractivity contribution in [3.05, 3.63) is 89.5 Å². The van der Waals surface area contributed by atoms with E-state index in [1.54, 1.807) is 30.3 Å². The fourth-order valence-electron chi connectivity index (χ4n) is 2.88. The molecule has 8 heteroatoms. The number of rotatable bonds is 8. The van der Waals surface area contributed by atoms with E-state index in [2.05, 4.69) is 50.5 Å². The Balaban J connectivity index is 1.74. The molecule has 0 radical (unpaired) electrons. The van der Waals surface area contributed by atoms with Crippen molar-refractivity contribution in [1.82, 2.24) is 0 Å². The maximum Gasteiger partial charge on any atom is 0.266 e. The van der Waals surface area contributed by atoms with Gasteiger partial charge >= 0.3 is 0 Å². The molecule has 0 aromatic heterocycles. The summed E-state index contributed by atoms with van der Waals surface area (Å²) in [4.78, 5) is 12.6. The van der Waals surface area contributed by atoms with Crippen molar-refractivity contribution in [2.75, 3.05) is 11.9 Å². The number of carbonyl (C=O) groups excluding carboxylic acids is 1. The number of ether oxygens (including phenoxy) is 2. The standard InChI is InChI=1S/C25H19ClI2N2O3/c1-2-32-20-9-7-19(8-10-20)30-25(31)18(14-29)11-16-12-22(27)24(23(28)13-16)33-15-17-5-3-4-6-21(17)26/h3-13H,2,15H2,1H3,(H,30,31)/b18-11-. The highest BCUT2D eigenvalue weighted by molar-refractivity contribution is 14.1. The van der Waals surface area contributed by atoms with E-state index in [0.29, 0.717) is 29.7 Å². The molecule has 0 fully saturated rings. The van der Waals surface area contributed by atoms with Crippen molar-refractivity contribution >= 4 is 74.5 Å². The summed E-state index contributed by atoms with van der Waals surface area (Å²) in [6.07, 6.45) is 1.56. The first-order valence-electron chi connectivity index (χ1n) is 9.92. The van der Waals surface area contributed by atoms with Gasteiger partial charge in [0.2, 0.25) is 0 Å². The van der Waals surface area contributed by atoms with Crippen LogP contribution >= 0.6 is 56.8 Å². The van der Waals surface area contributed by atoms with Crippen molar-refractivity contribution in [1.29, 1.82) is 5.26 Å². The first-order chi connectivity index (χ1) is 15.9. The van der Waals surface area contributed by atoms with Crippen LogP contribution in [0.3, 0.4) is 0 Å². The minimum absolute atomic E-state index is 0.000204. The smallest absolute Gasteiger partial charge is 0.266 e. The molecule has 0 unspecified atom stereocenters. The molecule has 1 N–H and O–H groups in total. The largest absolute Gasteiger partial charge is 0.494 e. The van der Waals surface area contributed by atoms with E-state index < -0.39 is 5.91 Å². The van der Waals surface area contributed by atoms with Gasteiger partial charge in [-0.25, -0.2) is 0 Å². The summed E-state index contributed by atoms with van der Waals surface area (Å²) in [5.74, 6) is 0.962. The Labute approximate surface area is 225 Å². The van der Waals surface area contributed by atoms with Crippen LogP contribution in [-0.4, -0.2) is 12.5 Å².